The SMILES string of the molecule is Cc1c(N2CC(C(N)CNC(N)=O)C(C)(C)C2)ncc2c(=O)n(N)c(=O)n(C3CC3)c12. The Morgan fingerprint density at radius 2 is 2.03 bits per heavy atom. The van der Waals surface area contributed by atoms with E-state index in [2.05, 4.69) is 29.0 Å². The number of nitrogens with two attached hydrogens (primary N) is 3. The molecule has 2 aliphatic rings. The van der Waals surface area contributed by atoms with Gasteiger partial charge in [0.1, 0.15) is 5.82 Å². The van der Waals surface area contributed by atoms with E-state index >= 15 is 0 Å². The number of aryl methyl sites for hydroxylation is 1. The van der Waals surface area contributed by atoms with Crippen molar-refractivity contribution in [2.45, 2.75) is 45.7 Å². The van der Waals surface area contributed by atoms with Crippen LogP contribution in [0.3, 0.4) is 0 Å². The minimum Gasteiger partial charge on any atom is -0.355 e. The molecule has 2 aromatic heterocycles. The maximum absolute atomic E-state index is 12.7. The van der Waals surface area contributed by atoms with Crippen LogP contribution in [-0.2, 0) is 0 Å². The van der Waals surface area contributed by atoms with Gasteiger partial charge in [-0.1, -0.05) is 13.8 Å². The molecule has 3 heterocycles. The van der Waals surface area contributed by atoms with Crippen molar-refractivity contribution in [1.82, 2.24) is 19.5 Å². The molecule has 1 saturated carbocycles. The highest BCUT2D eigenvalue weighted by Gasteiger charge is 2.43. The van der Waals surface area contributed by atoms with E-state index in [4.69, 9.17) is 17.3 Å². The first kappa shape index (κ1) is 21.2. The van der Waals surface area contributed by atoms with E-state index in [9.17, 15) is 14.4 Å². The number of carbonyl (C=O) groups is 1. The van der Waals surface area contributed by atoms with Gasteiger partial charge in [0.05, 0.1) is 10.9 Å². The minimum atomic E-state index is -0.598. The summed E-state index contributed by atoms with van der Waals surface area (Å²) < 4.78 is 2.31. The molecule has 0 spiro atoms. The first-order valence-corrected chi connectivity index (χ1v) is 10.5. The van der Waals surface area contributed by atoms with Gasteiger partial charge in [-0.15, -0.1) is 0 Å². The van der Waals surface area contributed by atoms with Crippen LogP contribution in [0.1, 0.15) is 38.3 Å². The van der Waals surface area contributed by atoms with Crippen LogP contribution >= 0.6 is 0 Å². The highest BCUT2D eigenvalue weighted by molar-refractivity contribution is 5.84. The van der Waals surface area contributed by atoms with Gasteiger partial charge in [0.25, 0.3) is 5.56 Å². The summed E-state index contributed by atoms with van der Waals surface area (Å²) in [4.78, 5) is 43.2. The monoisotopic (exact) mass is 430 g/mol. The number of nitrogens with zero attached hydrogens (tertiary/aromatic N) is 4. The van der Waals surface area contributed by atoms with Crippen LogP contribution in [0.15, 0.2) is 15.8 Å². The van der Waals surface area contributed by atoms with E-state index in [1.807, 2.05) is 6.92 Å². The molecule has 0 bridgehead atoms. The Kier molecular flexibility index (Phi) is 4.95. The highest BCUT2D eigenvalue weighted by atomic mass is 16.2. The number of pyridine rings is 1. The molecule has 2 aromatic rings. The van der Waals surface area contributed by atoms with Crippen molar-refractivity contribution in [3.63, 3.8) is 0 Å². The smallest absolute Gasteiger partial charge is 0.350 e. The summed E-state index contributed by atoms with van der Waals surface area (Å²) >= 11 is 0. The van der Waals surface area contributed by atoms with Crippen LogP contribution in [0.4, 0.5) is 10.6 Å². The first-order valence-electron chi connectivity index (χ1n) is 10.5. The third kappa shape index (κ3) is 3.52. The zero-order valence-corrected chi connectivity index (χ0v) is 18.1. The molecule has 0 aromatic carbocycles. The lowest BCUT2D eigenvalue weighted by Gasteiger charge is -2.30. The van der Waals surface area contributed by atoms with E-state index in [-0.39, 0.29) is 23.4 Å². The van der Waals surface area contributed by atoms with Crippen molar-refractivity contribution in [3.8, 4) is 0 Å². The molecule has 1 aliphatic carbocycles. The zero-order chi connectivity index (χ0) is 22.7. The fraction of sp³-hybridized carbons (Fsp3) is 0.600. The predicted octanol–water partition coefficient (Wildman–Crippen LogP) is -0.627. The molecular weight excluding hydrogens is 400 g/mol. The molecular formula is C20H30N8O3. The maximum atomic E-state index is 12.7. The summed E-state index contributed by atoms with van der Waals surface area (Å²) in [5.74, 6) is 6.55. The Balaban J connectivity index is 1.76. The molecule has 168 valence electrons. The topological polar surface area (TPSA) is 167 Å². The third-order valence-corrected chi connectivity index (χ3v) is 6.62. The molecule has 11 heteroatoms. The summed E-state index contributed by atoms with van der Waals surface area (Å²) in [6, 6.07) is -0.823. The molecule has 4 rings (SSSR count). The third-order valence-electron chi connectivity index (χ3n) is 6.62. The molecule has 2 fully saturated rings. The van der Waals surface area contributed by atoms with Crippen LogP contribution < -0.4 is 38.8 Å². The number of aromatic nitrogens is 3. The fourth-order valence-corrected chi connectivity index (χ4v) is 4.87. The van der Waals surface area contributed by atoms with Gasteiger partial charge in [-0.05, 0) is 25.2 Å². The number of primary amides is 1. The van der Waals surface area contributed by atoms with E-state index < -0.39 is 17.3 Å². The standard InChI is InChI=1S/C20H30N8O3/c1-10-15-12(17(29)28(23)19(31)27(15)11-4-5-11)6-24-16(10)26-8-13(20(2,3)9-26)14(21)7-25-18(22)30/h6,11,13-14H,4-5,7-9,21,23H2,1-3H3,(H3,22,25,30). The number of amides is 2. The van der Waals surface area contributed by atoms with Gasteiger partial charge in [0, 0.05) is 49.4 Å². The number of rotatable bonds is 5. The van der Waals surface area contributed by atoms with E-state index in [1.165, 1.54) is 6.20 Å². The molecule has 11 nitrogen and oxygen atoms in total. The Hall–Kier alpha value is -3.08. The van der Waals surface area contributed by atoms with Gasteiger partial charge in [0.2, 0.25) is 0 Å². The Morgan fingerprint density at radius 1 is 1.35 bits per heavy atom. The molecule has 0 radical (unpaired) electrons. The first-order chi connectivity index (χ1) is 14.5. The summed E-state index contributed by atoms with van der Waals surface area (Å²) in [6.07, 6.45) is 3.27. The summed E-state index contributed by atoms with van der Waals surface area (Å²) in [5, 5.41) is 2.93. The van der Waals surface area contributed by atoms with Crippen LogP contribution in [0.5, 0.6) is 0 Å². The van der Waals surface area contributed by atoms with Gasteiger partial charge in [-0.2, -0.15) is 4.68 Å². The number of nitrogen functional groups attached to an aromatic ring is 1. The van der Waals surface area contributed by atoms with Crippen molar-refractivity contribution < 1.29 is 4.79 Å². The van der Waals surface area contributed by atoms with E-state index in [1.54, 1.807) is 4.57 Å². The lowest BCUT2D eigenvalue weighted by atomic mass is 9.78. The van der Waals surface area contributed by atoms with E-state index in [0.29, 0.717) is 35.2 Å². The molecule has 2 unspecified atom stereocenters. The molecule has 31 heavy (non-hydrogen) atoms. The quantitative estimate of drug-likeness (QED) is 0.458. The van der Waals surface area contributed by atoms with Crippen molar-refractivity contribution in [1.29, 1.82) is 0 Å². The van der Waals surface area contributed by atoms with Crippen LogP contribution in [0, 0.1) is 18.3 Å². The molecule has 1 aliphatic heterocycles. The van der Waals surface area contributed by atoms with Crippen LogP contribution in [0.25, 0.3) is 10.9 Å². The van der Waals surface area contributed by atoms with Crippen LogP contribution in [-0.4, -0.2) is 45.9 Å². The molecule has 2 amide bonds. The minimum absolute atomic E-state index is 0.0513. The lowest BCUT2D eigenvalue weighted by molar-refractivity contribution is 0.231. The summed E-state index contributed by atoms with van der Waals surface area (Å²) in [7, 11) is 0. The predicted molar refractivity (Wildman–Crippen MR) is 118 cm³/mol. The summed E-state index contributed by atoms with van der Waals surface area (Å²) in [6.45, 7) is 7.77. The van der Waals surface area contributed by atoms with Crippen molar-refractivity contribution in [2.24, 2.45) is 22.8 Å². The van der Waals surface area contributed by atoms with Gasteiger partial charge < -0.3 is 27.5 Å². The Bertz CT molecular complexity index is 1160. The second kappa shape index (κ2) is 7.26. The van der Waals surface area contributed by atoms with E-state index in [0.717, 1.165) is 24.2 Å². The fourth-order valence-electron chi connectivity index (χ4n) is 4.87. The number of nitrogens with one attached hydrogen (secondary N) is 1. The van der Waals surface area contributed by atoms with Gasteiger partial charge in [0.15, 0.2) is 0 Å². The highest BCUT2D eigenvalue weighted by Crippen LogP contribution is 2.41. The number of carbonyl (C=O) groups excluding carboxylic acids is 1. The zero-order valence-electron chi connectivity index (χ0n) is 18.1. The van der Waals surface area contributed by atoms with Gasteiger partial charge >= 0.3 is 11.7 Å². The lowest BCUT2D eigenvalue weighted by Crippen LogP contribution is -2.47. The normalized spacial score (nSPS) is 21.4. The Labute approximate surface area is 179 Å². The summed E-state index contributed by atoms with van der Waals surface area (Å²) in [5.41, 5.74) is 11.8. The molecule has 7 N–H and O–H groups in total. The van der Waals surface area contributed by atoms with Crippen LogP contribution in [0.2, 0.25) is 0 Å². The maximum Gasteiger partial charge on any atom is 0.350 e. The average molecular weight is 431 g/mol. The molecule has 1 saturated heterocycles. The number of hydrogen-bond donors (Lipinski definition) is 4. The number of urea groups is 1. The van der Waals surface area contributed by atoms with Crippen molar-refractivity contribution in [2.75, 3.05) is 30.4 Å². The average Bonchev–Trinajstić information content (AvgIpc) is 3.48. The second-order valence-electron chi connectivity index (χ2n) is 9.41. The second-order valence-corrected chi connectivity index (χ2v) is 9.41. The van der Waals surface area contributed by atoms with Crippen molar-refractivity contribution in [3.05, 3.63) is 32.6 Å². The Morgan fingerprint density at radius 3 is 2.65 bits per heavy atom. The largest absolute Gasteiger partial charge is 0.355 e. The van der Waals surface area contributed by atoms with Gasteiger partial charge in [-0.25, -0.2) is 14.6 Å². The number of hydrogen-bond acceptors (Lipinski definition) is 7. The number of fused-ring (bicyclic) bond motifs is 1. The number of anilines is 1. The molecule has 2 atom stereocenters. The van der Waals surface area contributed by atoms with Crippen molar-refractivity contribution >= 4 is 22.8 Å². The van der Waals surface area contributed by atoms with Gasteiger partial charge in [-0.3, -0.25) is 9.36 Å².